The zero-order valence-corrected chi connectivity index (χ0v) is 17.0. The van der Waals surface area contributed by atoms with Crippen molar-refractivity contribution < 1.29 is 19.1 Å². The van der Waals surface area contributed by atoms with E-state index in [9.17, 15) is 9.59 Å². The van der Waals surface area contributed by atoms with Gasteiger partial charge >= 0.3 is 0 Å². The van der Waals surface area contributed by atoms with Crippen molar-refractivity contribution in [1.29, 1.82) is 0 Å². The highest BCUT2D eigenvalue weighted by atomic mass is 16.7. The van der Waals surface area contributed by atoms with Crippen LogP contribution in [0.2, 0.25) is 0 Å². The molecule has 1 aliphatic rings. The fourth-order valence-corrected chi connectivity index (χ4v) is 3.78. The van der Waals surface area contributed by atoms with E-state index in [0.717, 1.165) is 35.3 Å². The highest BCUT2D eigenvalue weighted by molar-refractivity contribution is 5.91. The van der Waals surface area contributed by atoms with Gasteiger partial charge in [-0.2, -0.15) is 0 Å². The Bertz CT molecular complexity index is 851. The second kappa shape index (κ2) is 8.17. The number of hydrogen-bond donors (Lipinski definition) is 0. The smallest absolute Gasteiger partial charge is 0.231 e. The van der Waals surface area contributed by atoms with E-state index in [1.54, 1.807) is 0 Å². The van der Waals surface area contributed by atoms with E-state index in [1.165, 1.54) is 5.56 Å². The molecule has 4 heteroatoms. The molecule has 0 aliphatic carbocycles. The molecule has 0 N–H and O–H groups in total. The Labute approximate surface area is 166 Å². The molecule has 0 radical (unpaired) electrons. The number of benzene rings is 2. The minimum Gasteiger partial charge on any atom is -0.454 e. The zero-order chi connectivity index (χ0) is 20.3. The van der Waals surface area contributed by atoms with Crippen LogP contribution in [0.1, 0.15) is 50.3 Å². The molecule has 2 aromatic carbocycles. The van der Waals surface area contributed by atoms with Crippen molar-refractivity contribution in [1.82, 2.24) is 0 Å². The second-order valence-electron chi connectivity index (χ2n) is 8.16. The van der Waals surface area contributed by atoms with Crippen LogP contribution in [-0.4, -0.2) is 18.9 Å². The molecule has 2 aromatic rings. The number of aryl methyl sites for hydroxylation is 1. The number of aldehydes is 1. The van der Waals surface area contributed by atoms with Crippen molar-refractivity contribution >= 4 is 12.1 Å². The molecular weight excluding hydrogens is 352 g/mol. The minimum atomic E-state index is -0.770. The van der Waals surface area contributed by atoms with Gasteiger partial charge in [0.05, 0.1) is 5.92 Å². The number of ether oxygens (including phenoxy) is 2. The summed E-state index contributed by atoms with van der Waals surface area (Å²) >= 11 is 0. The van der Waals surface area contributed by atoms with Gasteiger partial charge in [0.2, 0.25) is 6.79 Å². The van der Waals surface area contributed by atoms with Crippen LogP contribution in [0.3, 0.4) is 0 Å². The molecule has 0 spiro atoms. The van der Waals surface area contributed by atoms with Gasteiger partial charge in [0.25, 0.3) is 0 Å². The summed E-state index contributed by atoms with van der Waals surface area (Å²) in [5.74, 6) is 0.838. The van der Waals surface area contributed by atoms with Gasteiger partial charge < -0.3 is 14.3 Å². The lowest BCUT2D eigenvalue weighted by Crippen LogP contribution is -2.34. The van der Waals surface area contributed by atoms with Gasteiger partial charge in [0.15, 0.2) is 11.5 Å². The Hall–Kier alpha value is -2.62. The Kier molecular flexibility index (Phi) is 5.87. The quantitative estimate of drug-likeness (QED) is 0.621. The second-order valence-corrected chi connectivity index (χ2v) is 8.16. The van der Waals surface area contributed by atoms with E-state index < -0.39 is 11.3 Å². The van der Waals surface area contributed by atoms with E-state index in [-0.39, 0.29) is 18.5 Å². The molecule has 3 rings (SSSR count). The molecule has 0 saturated heterocycles. The standard InChI is InChI=1S/C24H28O4/c1-5-17-6-9-19(10-7-17)22(24(3,4)14-25)23(26)16(2)12-18-8-11-20-21(13-18)28-15-27-20/h6-11,13-14,16,22H,5,12,15H2,1-4H3. The average Bonchev–Trinajstić information content (AvgIpc) is 3.16. The number of fused-ring (bicyclic) bond motifs is 1. The maximum atomic E-state index is 13.4. The molecule has 1 aliphatic heterocycles. The van der Waals surface area contributed by atoms with Crippen LogP contribution in [0.4, 0.5) is 0 Å². The third-order valence-electron chi connectivity index (χ3n) is 5.52. The molecule has 0 bridgehead atoms. The fourth-order valence-electron chi connectivity index (χ4n) is 3.78. The van der Waals surface area contributed by atoms with Gasteiger partial charge in [-0.15, -0.1) is 0 Å². The number of carbonyl (C=O) groups excluding carboxylic acids is 2. The third-order valence-corrected chi connectivity index (χ3v) is 5.52. The van der Waals surface area contributed by atoms with E-state index in [0.29, 0.717) is 6.42 Å². The number of Topliss-reactive ketones (excluding diaryl/α,β-unsaturated/α-hetero) is 1. The first-order chi connectivity index (χ1) is 13.4. The van der Waals surface area contributed by atoms with Crippen molar-refractivity contribution in [3.63, 3.8) is 0 Å². The molecular formula is C24H28O4. The molecule has 2 unspecified atom stereocenters. The van der Waals surface area contributed by atoms with Crippen molar-refractivity contribution in [3.8, 4) is 11.5 Å². The molecule has 0 saturated carbocycles. The minimum absolute atomic E-state index is 0.0824. The summed E-state index contributed by atoms with van der Waals surface area (Å²) < 4.78 is 10.8. The lowest BCUT2D eigenvalue weighted by atomic mass is 9.70. The molecule has 1 heterocycles. The lowest BCUT2D eigenvalue weighted by molar-refractivity contribution is -0.130. The normalized spacial score (nSPS) is 15.1. The summed E-state index contributed by atoms with van der Waals surface area (Å²) in [6.07, 6.45) is 2.43. The number of carbonyl (C=O) groups is 2. The maximum Gasteiger partial charge on any atom is 0.231 e. The first-order valence-electron chi connectivity index (χ1n) is 9.83. The monoisotopic (exact) mass is 380 g/mol. The Morgan fingerprint density at radius 3 is 2.36 bits per heavy atom. The van der Waals surface area contributed by atoms with Crippen LogP contribution in [0.15, 0.2) is 42.5 Å². The first kappa shape index (κ1) is 20.1. The predicted octanol–water partition coefficient (Wildman–Crippen LogP) is 4.73. The molecule has 0 fully saturated rings. The van der Waals surface area contributed by atoms with E-state index in [2.05, 4.69) is 6.92 Å². The highest BCUT2D eigenvalue weighted by Gasteiger charge is 2.38. The third kappa shape index (κ3) is 4.11. The number of hydrogen-bond acceptors (Lipinski definition) is 4. The van der Waals surface area contributed by atoms with Crippen molar-refractivity contribution in [2.75, 3.05) is 6.79 Å². The average molecular weight is 380 g/mol. The molecule has 148 valence electrons. The molecule has 2 atom stereocenters. The Balaban J connectivity index is 1.84. The highest BCUT2D eigenvalue weighted by Crippen LogP contribution is 2.38. The Morgan fingerprint density at radius 2 is 1.71 bits per heavy atom. The van der Waals surface area contributed by atoms with Crippen LogP contribution < -0.4 is 9.47 Å². The van der Waals surface area contributed by atoms with Crippen LogP contribution in [0.25, 0.3) is 0 Å². The van der Waals surface area contributed by atoms with E-state index >= 15 is 0 Å². The summed E-state index contributed by atoms with van der Waals surface area (Å²) in [5.41, 5.74) is 2.37. The maximum absolute atomic E-state index is 13.4. The van der Waals surface area contributed by atoms with Crippen molar-refractivity contribution in [2.45, 2.75) is 46.5 Å². The molecule has 0 amide bonds. The first-order valence-corrected chi connectivity index (χ1v) is 9.83. The SMILES string of the molecule is CCc1ccc(C(C(=O)C(C)Cc2ccc3c(c2)OCO3)C(C)(C)C=O)cc1. The topological polar surface area (TPSA) is 52.6 Å². The largest absolute Gasteiger partial charge is 0.454 e. The van der Waals surface area contributed by atoms with Crippen LogP contribution in [-0.2, 0) is 22.4 Å². The van der Waals surface area contributed by atoms with Crippen LogP contribution in [0, 0.1) is 11.3 Å². The lowest BCUT2D eigenvalue weighted by Gasteiger charge is -2.31. The summed E-state index contributed by atoms with van der Waals surface area (Å²) in [6.45, 7) is 7.94. The van der Waals surface area contributed by atoms with Crippen LogP contribution in [0.5, 0.6) is 11.5 Å². The zero-order valence-electron chi connectivity index (χ0n) is 17.0. The van der Waals surface area contributed by atoms with Gasteiger partial charge in [0.1, 0.15) is 12.1 Å². The summed E-state index contributed by atoms with van der Waals surface area (Å²) in [5, 5.41) is 0. The number of ketones is 1. The molecule has 28 heavy (non-hydrogen) atoms. The Morgan fingerprint density at radius 1 is 1.07 bits per heavy atom. The molecule has 4 nitrogen and oxygen atoms in total. The van der Waals surface area contributed by atoms with Crippen LogP contribution >= 0.6 is 0 Å². The van der Waals surface area contributed by atoms with Gasteiger partial charge in [-0.25, -0.2) is 0 Å². The number of rotatable bonds is 8. The van der Waals surface area contributed by atoms with E-state index in [1.807, 2.05) is 63.2 Å². The van der Waals surface area contributed by atoms with Gasteiger partial charge in [-0.3, -0.25) is 4.79 Å². The fraction of sp³-hybridized carbons (Fsp3) is 0.417. The van der Waals surface area contributed by atoms with E-state index in [4.69, 9.17) is 9.47 Å². The predicted molar refractivity (Wildman–Crippen MR) is 109 cm³/mol. The molecule has 0 aromatic heterocycles. The van der Waals surface area contributed by atoms with Gasteiger partial charge in [-0.1, -0.05) is 58.0 Å². The van der Waals surface area contributed by atoms with Crippen molar-refractivity contribution in [2.24, 2.45) is 11.3 Å². The van der Waals surface area contributed by atoms with Gasteiger partial charge in [-0.05, 0) is 41.7 Å². The van der Waals surface area contributed by atoms with Gasteiger partial charge in [0, 0.05) is 11.3 Å². The summed E-state index contributed by atoms with van der Waals surface area (Å²) in [7, 11) is 0. The summed E-state index contributed by atoms with van der Waals surface area (Å²) in [6, 6.07) is 13.8. The van der Waals surface area contributed by atoms with Crippen molar-refractivity contribution in [3.05, 3.63) is 59.2 Å². The summed E-state index contributed by atoms with van der Waals surface area (Å²) in [4.78, 5) is 25.2.